The number of fused-ring (bicyclic) bond motifs is 1. The lowest BCUT2D eigenvalue weighted by molar-refractivity contribution is 0.164. The third kappa shape index (κ3) is 2.26. The Morgan fingerprint density at radius 3 is 2.89 bits per heavy atom. The van der Waals surface area contributed by atoms with Crippen LogP contribution in [0.2, 0.25) is 4.34 Å². The molecule has 0 saturated carbocycles. The molecule has 0 radical (unpaired) electrons. The number of hydrogen-bond acceptors (Lipinski definition) is 3. The minimum atomic E-state index is -0.329. The Labute approximate surface area is 115 Å². The highest BCUT2D eigenvalue weighted by molar-refractivity contribution is 7.16. The van der Waals surface area contributed by atoms with Crippen LogP contribution in [0.5, 0.6) is 0 Å². The Balaban J connectivity index is 1.88. The lowest BCUT2D eigenvalue weighted by Crippen LogP contribution is -2.30. The molecule has 0 fully saturated rings. The van der Waals surface area contributed by atoms with Gasteiger partial charge < -0.3 is 10.0 Å². The molecule has 0 aliphatic carbocycles. The van der Waals surface area contributed by atoms with Crippen LogP contribution in [0.15, 0.2) is 36.4 Å². The highest BCUT2D eigenvalue weighted by atomic mass is 35.5. The van der Waals surface area contributed by atoms with Crippen molar-refractivity contribution in [2.24, 2.45) is 0 Å². The first-order valence-corrected chi connectivity index (χ1v) is 7.19. The molecule has 1 aliphatic rings. The van der Waals surface area contributed by atoms with E-state index in [-0.39, 0.29) is 6.10 Å². The Morgan fingerprint density at radius 1 is 1.28 bits per heavy atom. The van der Waals surface area contributed by atoms with Gasteiger partial charge in [-0.25, -0.2) is 0 Å². The van der Waals surface area contributed by atoms with Crippen molar-refractivity contribution >= 4 is 28.6 Å². The molecule has 0 amide bonds. The monoisotopic (exact) mass is 279 g/mol. The van der Waals surface area contributed by atoms with Crippen LogP contribution >= 0.6 is 22.9 Å². The van der Waals surface area contributed by atoms with Crippen molar-refractivity contribution in [1.29, 1.82) is 0 Å². The van der Waals surface area contributed by atoms with E-state index in [4.69, 9.17) is 11.6 Å². The molecule has 1 aromatic carbocycles. The topological polar surface area (TPSA) is 23.5 Å². The Bertz CT molecular complexity index is 554. The van der Waals surface area contributed by atoms with Crippen molar-refractivity contribution in [2.45, 2.75) is 19.1 Å². The predicted molar refractivity (Wildman–Crippen MR) is 76.4 cm³/mol. The number of aliphatic hydroxyl groups is 1. The van der Waals surface area contributed by atoms with E-state index >= 15 is 0 Å². The summed E-state index contributed by atoms with van der Waals surface area (Å²) in [5, 5.41) is 10.0. The summed E-state index contributed by atoms with van der Waals surface area (Å²) in [5.74, 6) is 0. The second-order valence-corrected chi connectivity index (χ2v) is 6.29. The van der Waals surface area contributed by atoms with Crippen LogP contribution < -0.4 is 4.90 Å². The number of halogens is 1. The fraction of sp³-hybridized carbons (Fsp3) is 0.286. The molecule has 2 aromatic rings. The summed E-state index contributed by atoms with van der Waals surface area (Å²) < 4.78 is 0.829. The lowest BCUT2D eigenvalue weighted by atomic mass is 9.99. The predicted octanol–water partition coefficient (Wildman–Crippen LogP) is 3.85. The fourth-order valence-corrected chi connectivity index (χ4v) is 3.50. The molecular formula is C14H14ClNOS. The standard InChI is InChI=1S/C14H14ClNOS/c15-14-6-5-10(18-14)9-16-8-7-13(17)11-3-1-2-4-12(11)16/h1-6,13,17H,7-9H2. The maximum atomic E-state index is 10.0. The third-order valence-corrected chi connectivity index (χ3v) is 4.50. The second-order valence-electron chi connectivity index (χ2n) is 4.49. The van der Waals surface area contributed by atoms with Crippen LogP contribution in [0.3, 0.4) is 0 Å². The molecule has 0 saturated heterocycles. The molecule has 2 heterocycles. The Kier molecular flexibility index (Phi) is 3.29. The van der Waals surface area contributed by atoms with Crippen LogP contribution in [0, 0.1) is 0 Å². The molecule has 2 nitrogen and oxygen atoms in total. The van der Waals surface area contributed by atoms with Crippen molar-refractivity contribution in [3.63, 3.8) is 0 Å². The number of benzene rings is 1. The maximum absolute atomic E-state index is 10.0. The van der Waals surface area contributed by atoms with Gasteiger partial charge in [0.05, 0.1) is 17.0 Å². The summed E-state index contributed by atoms with van der Waals surface area (Å²) in [6.45, 7) is 1.74. The minimum Gasteiger partial charge on any atom is -0.388 e. The van der Waals surface area contributed by atoms with E-state index < -0.39 is 0 Å². The summed E-state index contributed by atoms with van der Waals surface area (Å²) >= 11 is 7.58. The minimum absolute atomic E-state index is 0.329. The summed E-state index contributed by atoms with van der Waals surface area (Å²) in [6, 6.07) is 12.1. The van der Waals surface area contributed by atoms with Crippen molar-refractivity contribution in [2.75, 3.05) is 11.4 Å². The number of nitrogens with zero attached hydrogens (tertiary/aromatic N) is 1. The average Bonchev–Trinajstić information content (AvgIpc) is 2.79. The van der Waals surface area contributed by atoms with Crippen LogP contribution in [0.4, 0.5) is 5.69 Å². The van der Waals surface area contributed by atoms with E-state index in [0.717, 1.165) is 35.1 Å². The van der Waals surface area contributed by atoms with Gasteiger partial charge in [-0.1, -0.05) is 29.8 Å². The van der Waals surface area contributed by atoms with Crippen LogP contribution in [0.25, 0.3) is 0 Å². The van der Waals surface area contributed by atoms with Crippen LogP contribution in [-0.4, -0.2) is 11.7 Å². The highest BCUT2D eigenvalue weighted by Crippen LogP contribution is 2.35. The van der Waals surface area contributed by atoms with Crippen molar-refractivity contribution in [3.8, 4) is 0 Å². The molecule has 0 bridgehead atoms. The van der Waals surface area contributed by atoms with Gasteiger partial charge in [0.15, 0.2) is 0 Å². The van der Waals surface area contributed by atoms with Crippen LogP contribution in [0.1, 0.15) is 23.0 Å². The first kappa shape index (κ1) is 12.0. The molecule has 1 atom stereocenters. The van der Waals surface area contributed by atoms with Gasteiger partial charge in [0.2, 0.25) is 0 Å². The van der Waals surface area contributed by atoms with Crippen molar-refractivity contribution in [3.05, 3.63) is 51.2 Å². The Hall–Kier alpha value is -1.03. The number of anilines is 1. The molecule has 0 spiro atoms. The second kappa shape index (κ2) is 4.92. The summed E-state index contributed by atoms with van der Waals surface area (Å²) in [5.41, 5.74) is 2.17. The lowest BCUT2D eigenvalue weighted by Gasteiger charge is -2.33. The van der Waals surface area contributed by atoms with Gasteiger partial charge in [-0.2, -0.15) is 0 Å². The molecule has 1 aromatic heterocycles. The highest BCUT2D eigenvalue weighted by Gasteiger charge is 2.23. The SMILES string of the molecule is OC1CCN(Cc2ccc(Cl)s2)c2ccccc21. The fourth-order valence-electron chi connectivity index (χ4n) is 2.40. The number of thiophene rings is 1. The van der Waals surface area contributed by atoms with Gasteiger partial charge in [0.25, 0.3) is 0 Å². The van der Waals surface area contributed by atoms with E-state index in [0.29, 0.717) is 0 Å². The maximum Gasteiger partial charge on any atom is 0.0931 e. The summed E-state index contributed by atoms with van der Waals surface area (Å²) in [6.07, 6.45) is 0.459. The molecule has 3 rings (SSSR count). The first-order valence-electron chi connectivity index (χ1n) is 6.00. The zero-order valence-electron chi connectivity index (χ0n) is 9.84. The van der Waals surface area contributed by atoms with E-state index in [9.17, 15) is 5.11 Å². The van der Waals surface area contributed by atoms with Gasteiger partial charge in [-0.3, -0.25) is 0 Å². The van der Waals surface area contributed by atoms with Crippen molar-refractivity contribution in [1.82, 2.24) is 0 Å². The molecule has 94 valence electrons. The summed E-state index contributed by atoms with van der Waals surface area (Å²) in [4.78, 5) is 3.57. The average molecular weight is 280 g/mol. The van der Waals surface area contributed by atoms with E-state index in [1.807, 2.05) is 24.3 Å². The quantitative estimate of drug-likeness (QED) is 0.903. The third-order valence-electron chi connectivity index (χ3n) is 3.28. The van der Waals surface area contributed by atoms with Gasteiger partial charge in [0.1, 0.15) is 0 Å². The first-order chi connectivity index (χ1) is 8.74. The largest absolute Gasteiger partial charge is 0.388 e. The Morgan fingerprint density at radius 2 is 2.11 bits per heavy atom. The van der Waals surface area contributed by atoms with Gasteiger partial charge in [-0.05, 0) is 24.6 Å². The van der Waals surface area contributed by atoms with E-state index in [1.165, 1.54) is 4.88 Å². The number of rotatable bonds is 2. The van der Waals surface area contributed by atoms with Crippen LogP contribution in [-0.2, 0) is 6.54 Å². The molecule has 1 aliphatic heterocycles. The normalized spacial score (nSPS) is 18.8. The molecule has 18 heavy (non-hydrogen) atoms. The smallest absolute Gasteiger partial charge is 0.0931 e. The van der Waals surface area contributed by atoms with E-state index in [2.05, 4.69) is 17.0 Å². The zero-order valence-corrected chi connectivity index (χ0v) is 11.4. The zero-order chi connectivity index (χ0) is 12.5. The molecule has 1 N–H and O–H groups in total. The number of para-hydroxylation sites is 1. The van der Waals surface area contributed by atoms with E-state index in [1.54, 1.807) is 11.3 Å². The van der Waals surface area contributed by atoms with Gasteiger partial charge in [-0.15, -0.1) is 11.3 Å². The molecule has 1 unspecified atom stereocenters. The van der Waals surface area contributed by atoms with Gasteiger partial charge in [0, 0.05) is 22.7 Å². The number of hydrogen-bond donors (Lipinski definition) is 1. The molecule has 4 heteroatoms. The number of aliphatic hydroxyl groups excluding tert-OH is 1. The summed E-state index contributed by atoms with van der Waals surface area (Å²) in [7, 11) is 0. The molecular weight excluding hydrogens is 266 g/mol. The van der Waals surface area contributed by atoms with Crippen molar-refractivity contribution < 1.29 is 5.11 Å². The van der Waals surface area contributed by atoms with Gasteiger partial charge >= 0.3 is 0 Å².